The average Bonchev–Trinajstić information content (AvgIpc) is 3.12. The molecule has 0 atom stereocenters. The second-order valence-corrected chi connectivity index (χ2v) is 8.86. The molecule has 2 N–H and O–H groups in total. The van der Waals surface area contributed by atoms with Crippen LogP contribution in [0.15, 0.2) is 29.1 Å². The molecule has 6 nitrogen and oxygen atoms in total. The van der Waals surface area contributed by atoms with E-state index in [0.717, 1.165) is 48.4 Å². The number of aryl methyl sites for hydroxylation is 2. The van der Waals surface area contributed by atoms with Crippen LogP contribution < -0.4 is 10.9 Å². The number of anilines is 1. The number of carbonyl (C=O) groups is 1. The summed E-state index contributed by atoms with van der Waals surface area (Å²) in [5, 5.41) is 4.32. The van der Waals surface area contributed by atoms with Crippen LogP contribution in [0.1, 0.15) is 49.1 Å². The van der Waals surface area contributed by atoms with Crippen molar-refractivity contribution in [3.8, 4) is 0 Å². The highest BCUT2D eigenvalue weighted by Crippen LogP contribution is 2.29. The molecule has 0 saturated carbocycles. The molecule has 152 valence electrons. The van der Waals surface area contributed by atoms with Crippen LogP contribution in [0.5, 0.6) is 0 Å². The minimum absolute atomic E-state index is 0.0104. The Morgan fingerprint density at radius 2 is 2.03 bits per heavy atom. The summed E-state index contributed by atoms with van der Waals surface area (Å²) in [6, 6.07) is 7.39. The van der Waals surface area contributed by atoms with Crippen LogP contribution in [-0.4, -0.2) is 20.4 Å². The quantitative estimate of drug-likeness (QED) is 0.426. The van der Waals surface area contributed by atoms with Crippen molar-refractivity contribution in [3.05, 3.63) is 50.0 Å². The molecule has 1 aliphatic carbocycles. The third kappa shape index (κ3) is 4.64. The summed E-state index contributed by atoms with van der Waals surface area (Å²) in [5.74, 6) is 0.0104. The van der Waals surface area contributed by atoms with Gasteiger partial charge < -0.3 is 10.3 Å². The molecule has 1 aromatic carbocycles. The Labute approximate surface area is 178 Å². The van der Waals surface area contributed by atoms with Crippen molar-refractivity contribution in [2.24, 2.45) is 0 Å². The van der Waals surface area contributed by atoms with Crippen LogP contribution in [0.25, 0.3) is 10.9 Å². The van der Waals surface area contributed by atoms with E-state index in [2.05, 4.69) is 15.3 Å². The molecule has 0 spiro atoms. The molecule has 1 amide bonds. The predicted octanol–water partition coefficient (Wildman–Crippen LogP) is 4.59. The van der Waals surface area contributed by atoms with Crippen molar-refractivity contribution < 1.29 is 4.79 Å². The number of amides is 1. The zero-order chi connectivity index (χ0) is 20.2. The smallest absolute Gasteiger partial charge is 0.262 e. The molecule has 29 heavy (non-hydrogen) atoms. The predicted molar refractivity (Wildman–Crippen MR) is 119 cm³/mol. The van der Waals surface area contributed by atoms with Crippen molar-refractivity contribution >= 4 is 45.5 Å². The van der Waals surface area contributed by atoms with Gasteiger partial charge in [0.1, 0.15) is 0 Å². The molecule has 4 rings (SSSR count). The van der Waals surface area contributed by atoms with Gasteiger partial charge in [-0.3, -0.25) is 14.2 Å². The lowest BCUT2D eigenvalue weighted by molar-refractivity contribution is -0.116. The van der Waals surface area contributed by atoms with Crippen LogP contribution in [0.3, 0.4) is 0 Å². The molecule has 0 fully saturated rings. The zero-order valence-corrected chi connectivity index (χ0v) is 17.8. The van der Waals surface area contributed by atoms with E-state index in [4.69, 9.17) is 12.2 Å². The van der Waals surface area contributed by atoms with Gasteiger partial charge in [0.15, 0.2) is 9.90 Å². The summed E-state index contributed by atoms with van der Waals surface area (Å²) in [7, 11) is 0. The van der Waals surface area contributed by atoms with E-state index in [1.165, 1.54) is 17.7 Å². The van der Waals surface area contributed by atoms with Crippen LogP contribution in [0.4, 0.5) is 5.13 Å². The number of aromatic amines is 1. The third-order valence-corrected chi connectivity index (χ3v) is 6.66. The van der Waals surface area contributed by atoms with E-state index >= 15 is 0 Å². The van der Waals surface area contributed by atoms with Crippen LogP contribution in [0, 0.1) is 4.77 Å². The Hall–Kier alpha value is -2.32. The fourth-order valence-electron chi connectivity index (χ4n) is 3.72. The average molecular weight is 429 g/mol. The number of fused-ring (bicyclic) bond motifs is 2. The monoisotopic (exact) mass is 428 g/mol. The van der Waals surface area contributed by atoms with Crippen LogP contribution in [0.2, 0.25) is 0 Å². The number of rotatable bonds is 7. The lowest BCUT2D eigenvalue weighted by Gasteiger charge is -2.08. The fraction of sp³-hybridized carbons (Fsp3) is 0.429. The van der Waals surface area contributed by atoms with E-state index in [0.29, 0.717) is 23.1 Å². The van der Waals surface area contributed by atoms with Gasteiger partial charge in [-0.25, -0.2) is 4.98 Å². The minimum Gasteiger partial charge on any atom is -0.332 e. The maximum atomic E-state index is 12.6. The summed E-state index contributed by atoms with van der Waals surface area (Å²) in [6.45, 7) is 0.555. The number of aromatic nitrogens is 3. The molecule has 0 bridgehead atoms. The minimum atomic E-state index is -0.0603. The SMILES string of the molecule is O=C(CCCCCn1c(=S)[nH]c2ccccc2c1=O)Nc1nc2c(s1)CCCC2. The van der Waals surface area contributed by atoms with Gasteiger partial charge in [0.25, 0.3) is 5.56 Å². The van der Waals surface area contributed by atoms with E-state index in [1.54, 1.807) is 22.0 Å². The van der Waals surface area contributed by atoms with Crippen molar-refractivity contribution in [1.29, 1.82) is 0 Å². The maximum absolute atomic E-state index is 12.6. The lowest BCUT2D eigenvalue weighted by atomic mass is 10.0. The summed E-state index contributed by atoms with van der Waals surface area (Å²) in [4.78, 5) is 33.8. The second-order valence-electron chi connectivity index (χ2n) is 7.39. The molecule has 0 aliphatic heterocycles. The van der Waals surface area contributed by atoms with E-state index < -0.39 is 0 Å². The van der Waals surface area contributed by atoms with Gasteiger partial charge in [0.2, 0.25) is 5.91 Å². The number of thiazole rings is 1. The van der Waals surface area contributed by atoms with Gasteiger partial charge in [-0.15, -0.1) is 11.3 Å². The highest BCUT2D eigenvalue weighted by molar-refractivity contribution is 7.71. The van der Waals surface area contributed by atoms with Crippen LogP contribution in [-0.2, 0) is 24.2 Å². The first-order valence-electron chi connectivity index (χ1n) is 10.1. The van der Waals surface area contributed by atoms with Crippen LogP contribution >= 0.6 is 23.6 Å². The van der Waals surface area contributed by atoms with Gasteiger partial charge >= 0.3 is 0 Å². The molecule has 3 aromatic rings. The van der Waals surface area contributed by atoms with E-state index in [1.807, 2.05) is 18.2 Å². The van der Waals surface area contributed by atoms with Gasteiger partial charge in [0, 0.05) is 17.8 Å². The number of hydrogen-bond donors (Lipinski definition) is 2. The Bertz CT molecular complexity index is 1120. The molecular formula is C21H24N4O2S2. The van der Waals surface area contributed by atoms with Crippen molar-refractivity contribution in [3.63, 3.8) is 0 Å². The lowest BCUT2D eigenvalue weighted by Crippen LogP contribution is -2.22. The summed E-state index contributed by atoms with van der Waals surface area (Å²) >= 11 is 6.95. The van der Waals surface area contributed by atoms with Crippen molar-refractivity contribution in [1.82, 2.24) is 14.5 Å². The Kier molecular flexibility index (Phi) is 6.20. The van der Waals surface area contributed by atoms with Crippen molar-refractivity contribution in [2.75, 3.05) is 5.32 Å². The first-order chi connectivity index (χ1) is 14.1. The topological polar surface area (TPSA) is 79.8 Å². The largest absolute Gasteiger partial charge is 0.332 e. The first kappa shape index (κ1) is 20.0. The number of nitrogens with zero attached hydrogens (tertiary/aromatic N) is 2. The Morgan fingerprint density at radius 3 is 2.90 bits per heavy atom. The Balaban J connectivity index is 1.25. The van der Waals surface area contributed by atoms with E-state index in [9.17, 15) is 9.59 Å². The molecule has 0 saturated heterocycles. The second kappa shape index (κ2) is 9.00. The molecule has 2 aromatic heterocycles. The molecule has 1 aliphatic rings. The van der Waals surface area contributed by atoms with Gasteiger partial charge in [-0.2, -0.15) is 0 Å². The molecular weight excluding hydrogens is 404 g/mol. The zero-order valence-electron chi connectivity index (χ0n) is 16.2. The maximum Gasteiger partial charge on any atom is 0.262 e. The number of para-hydroxylation sites is 1. The summed E-state index contributed by atoms with van der Waals surface area (Å²) in [5.41, 5.74) is 1.86. The highest BCUT2D eigenvalue weighted by atomic mass is 32.1. The molecule has 8 heteroatoms. The van der Waals surface area contributed by atoms with Crippen molar-refractivity contribution in [2.45, 2.75) is 57.9 Å². The molecule has 0 radical (unpaired) electrons. The van der Waals surface area contributed by atoms with Gasteiger partial charge in [0.05, 0.1) is 16.6 Å². The van der Waals surface area contributed by atoms with Gasteiger partial charge in [-0.05, 0) is 62.9 Å². The highest BCUT2D eigenvalue weighted by Gasteiger charge is 2.16. The number of benzene rings is 1. The van der Waals surface area contributed by atoms with Gasteiger partial charge in [-0.1, -0.05) is 18.6 Å². The number of hydrogen-bond acceptors (Lipinski definition) is 5. The molecule has 0 unspecified atom stereocenters. The third-order valence-electron chi connectivity index (χ3n) is 5.27. The fourth-order valence-corrected chi connectivity index (χ4v) is 5.07. The Morgan fingerprint density at radius 1 is 1.21 bits per heavy atom. The number of nitrogens with one attached hydrogen (secondary N) is 2. The first-order valence-corrected chi connectivity index (χ1v) is 11.3. The normalized spacial score (nSPS) is 13.4. The summed E-state index contributed by atoms with van der Waals surface area (Å²) in [6.07, 6.45) is 7.40. The van der Waals surface area contributed by atoms with E-state index in [-0.39, 0.29) is 11.5 Å². The summed E-state index contributed by atoms with van der Waals surface area (Å²) < 4.78 is 2.05. The number of unbranched alkanes of at least 4 members (excludes halogenated alkanes) is 2. The number of carbonyl (C=O) groups excluding carboxylic acids is 1. The standard InChI is InChI=1S/C21H24N4O2S2/c26-18(24-20-22-16-10-5-6-11-17(16)29-20)12-2-1-7-13-25-19(27)14-8-3-4-9-15(14)23-21(25)28/h3-4,8-9H,1-2,5-7,10-13H2,(H,23,28)(H,22,24,26). The molecule has 2 heterocycles. The number of H-pyrrole nitrogens is 1.